The second-order valence-electron chi connectivity index (χ2n) is 4.96. The van der Waals surface area contributed by atoms with Gasteiger partial charge < -0.3 is 10.6 Å². The Labute approximate surface area is 133 Å². The normalized spacial score (nSPS) is 18.4. The number of nitrogens with one attached hydrogen (secondary N) is 2. The van der Waals surface area contributed by atoms with Gasteiger partial charge in [-0.3, -0.25) is 4.79 Å². The summed E-state index contributed by atoms with van der Waals surface area (Å²) in [7, 11) is 0. The summed E-state index contributed by atoms with van der Waals surface area (Å²) >= 11 is 0. The van der Waals surface area contributed by atoms with E-state index in [0.29, 0.717) is 31.6 Å². The third kappa shape index (κ3) is 5.00. The van der Waals surface area contributed by atoms with Gasteiger partial charge in [-0.15, -0.1) is 12.4 Å². The van der Waals surface area contributed by atoms with Crippen LogP contribution in [0.3, 0.4) is 0 Å². The smallest absolute Gasteiger partial charge is 0.348 e. The van der Waals surface area contributed by atoms with E-state index in [2.05, 4.69) is 10.6 Å². The Morgan fingerprint density at radius 2 is 1.57 bits per heavy atom. The minimum Gasteiger partial charge on any atom is -0.348 e. The standard InChI is InChI=1S/C13H12F6N2O.ClH/c14-12(15,16)8-3-7(4-9(5-8)13(17,18)19)11(22)21-10-1-2-20-6-10;/h3-5,10,20H,1-2,6H2,(H,21,22);1H. The van der Waals surface area contributed by atoms with Crippen LogP contribution in [0.25, 0.3) is 0 Å². The summed E-state index contributed by atoms with van der Waals surface area (Å²) in [6.45, 7) is 1.05. The molecule has 0 aromatic heterocycles. The van der Waals surface area contributed by atoms with Crippen molar-refractivity contribution in [1.29, 1.82) is 0 Å². The van der Waals surface area contributed by atoms with Crippen LogP contribution in [0.5, 0.6) is 0 Å². The number of rotatable bonds is 2. The van der Waals surface area contributed by atoms with Crippen molar-refractivity contribution in [3.05, 3.63) is 34.9 Å². The largest absolute Gasteiger partial charge is 0.416 e. The molecule has 130 valence electrons. The molecular weight excluding hydrogens is 350 g/mol. The minimum absolute atomic E-state index is 0. The molecular formula is C13H13ClF6N2O. The molecule has 1 aliphatic heterocycles. The highest BCUT2D eigenvalue weighted by Crippen LogP contribution is 2.36. The summed E-state index contributed by atoms with van der Waals surface area (Å²) in [6, 6.07) is 0.532. The lowest BCUT2D eigenvalue weighted by Crippen LogP contribution is -2.36. The first-order valence-electron chi connectivity index (χ1n) is 6.38. The van der Waals surface area contributed by atoms with Crippen LogP contribution in [0.4, 0.5) is 26.3 Å². The second kappa shape index (κ2) is 6.96. The van der Waals surface area contributed by atoms with Crippen molar-refractivity contribution in [2.75, 3.05) is 13.1 Å². The molecule has 1 heterocycles. The monoisotopic (exact) mass is 362 g/mol. The van der Waals surface area contributed by atoms with Gasteiger partial charge in [0.25, 0.3) is 5.91 Å². The summed E-state index contributed by atoms with van der Waals surface area (Å²) in [5.41, 5.74) is -3.66. The van der Waals surface area contributed by atoms with Crippen molar-refractivity contribution < 1.29 is 31.1 Å². The number of alkyl halides is 6. The molecule has 3 nitrogen and oxygen atoms in total. The van der Waals surface area contributed by atoms with Crippen LogP contribution in [0.1, 0.15) is 27.9 Å². The third-order valence-electron chi connectivity index (χ3n) is 3.25. The van der Waals surface area contributed by atoms with Gasteiger partial charge in [-0.25, -0.2) is 0 Å². The van der Waals surface area contributed by atoms with Crippen molar-refractivity contribution in [3.63, 3.8) is 0 Å². The molecule has 1 aromatic carbocycles. The molecule has 1 atom stereocenters. The third-order valence-corrected chi connectivity index (χ3v) is 3.25. The fourth-order valence-electron chi connectivity index (χ4n) is 2.13. The summed E-state index contributed by atoms with van der Waals surface area (Å²) in [6.07, 6.45) is -9.37. The van der Waals surface area contributed by atoms with Crippen LogP contribution in [0, 0.1) is 0 Å². The molecule has 0 aliphatic carbocycles. The molecule has 2 N–H and O–H groups in total. The number of amides is 1. The maximum Gasteiger partial charge on any atom is 0.416 e. The predicted molar refractivity (Wildman–Crippen MR) is 72.4 cm³/mol. The molecule has 1 aliphatic rings. The maximum absolute atomic E-state index is 12.7. The predicted octanol–water partition coefficient (Wildman–Crippen LogP) is 3.24. The van der Waals surface area contributed by atoms with Gasteiger partial charge in [0.15, 0.2) is 0 Å². The first-order chi connectivity index (χ1) is 10.1. The van der Waals surface area contributed by atoms with Crippen LogP contribution >= 0.6 is 12.4 Å². The van der Waals surface area contributed by atoms with Gasteiger partial charge in [0.1, 0.15) is 0 Å². The van der Waals surface area contributed by atoms with Crippen LogP contribution in [0.2, 0.25) is 0 Å². The number of halogens is 7. The van der Waals surface area contributed by atoms with Gasteiger partial charge in [0.05, 0.1) is 11.1 Å². The highest BCUT2D eigenvalue weighted by atomic mass is 35.5. The minimum atomic E-state index is -4.97. The van der Waals surface area contributed by atoms with Crippen molar-refractivity contribution in [2.45, 2.75) is 24.8 Å². The summed E-state index contributed by atoms with van der Waals surface area (Å²) in [5, 5.41) is 5.34. The SMILES string of the molecule is Cl.O=C(NC1CCNC1)c1cc(C(F)(F)F)cc(C(F)(F)F)c1. The quantitative estimate of drug-likeness (QED) is 0.793. The number of carbonyl (C=O) groups excluding carboxylic acids is 1. The van der Waals surface area contributed by atoms with Crippen molar-refractivity contribution >= 4 is 18.3 Å². The molecule has 0 radical (unpaired) electrons. The van der Waals surface area contributed by atoms with Crippen LogP contribution < -0.4 is 10.6 Å². The molecule has 1 aromatic rings. The summed E-state index contributed by atoms with van der Waals surface area (Å²) < 4.78 is 76.2. The van der Waals surface area contributed by atoms with Crippen LogP contribution in [-0.4, -0.2) is 25.0 Å². The van der Waals surface area contributed by atoms with Gasteiger partial charge >= 0.3 is 12.4 Å². The number of carbonyl (C=O) groups is 1. The van der Waals surface area contributed by atoms with E-state index in [-0.39, 0.29) is 24.5 Å². The molecule has 1 fully saturated rings. The molecule has 1 saturated heterocycles. The zero-order valence-electron chi connectivity index (χ0n) is 11.5. The first-order valence-corrected chi connectivity index (χ1v) is 6.38. The Kier molecular flexibility index (Phi) is 5.92. The molecule has 2 rings (SSSR count). The van der Waals surface area contributed by atoms with Crippen LogP contribution in [-0.2, 0) is 12.4 Å². The van der Waals surface area contributed by atoms with Crippen molar-refractivity contribution in [2.24, 2.45) is 0 Å². The average molecular weight is 363 g/mol. The molecule has 0 bridgehead atoms. The lowest BCUT2D eigenvalue weighted by Gasteiger charge is -2.16. The van der Waals surface area contributed by atoms with Gasteiger partial charge in [0.2, 0.25) is 0 Å². The summed E-state index contributed by atoms with van der Waals surface area (Å²) in [4.78, 5) is 11.9. The highest BCUT2D eigenvalue weighted by Gasteiger charge is 2.37. The van der Waals surface area contributed by atoms with Gasteiger partial charge in [0, 0.05) is 18.2 Å². The van der Waals surface area contributed by atoms with Crippen LogP contribution in [0.15, 0.2) is 18.2 Å². The highest BCUT2D eigenvalue weighted by molar-refractivity contribution is 5.95. The van der Waals surface area contributed by atoms with Crippen molar-refractivity contribution in [3.8, 4) is 0 Å². The fourth-order valence-corrected chi connectivity index (χ4v) is 2.13. The van der Waals surface area contributed by atoms with E-state index in [9.17, 15) is 31.1 Å². The van der Waals surface area contributed by atoms with Crippen molar-refractivity contribution in [1.82, 2.24) is 10.6 Å². The van der Waals surface area contributed by atoms with Gasteiger partial charge in [-0.05, 0) is 31.2 Å². The average Bonchev–Trinajstić information content (AvgIpc) is 2.89. The molecule has 1 unspecified atom stereocenters. The number of benzene rings is 1. The Morgan fingerprint density at radius 1 is 1.04 bits per heavy atom. The zero-order valence-corrected chi connectivity index (χ0v) is 12.3. The molecule has 0 saturated carbocycles. The van der Waals surface area contributed by atoms with E-state index in [1.807, 2.05) is 0 Å². The summed E-state index contributed by atoms with van der Waals surface area (Å²) in [5.74, 6) is -0.953. The van der Waals surface area contributed by atoms with E-state index in [0.717, 1.165) is 0 Å². The Bertz CT molecular complexity index is 534. The molecule has 1 amide bonds. The van der Waals surface area contributed by atoms with Gasteiger partial charge in [-0.1, -0.05) is 0 Å². The fraction of sp³-hybridized carbons (Fsp3) is 0.462. The number of hydrogen-bond donors (Lipinski definition) is 2. The maximum atomic E-state index is 12.7. The molecule has 0 spiro atoms. The topological polar surface area (TPSA) is 41.1 Å². The van der Waals surface area contributed by atoms with E-state index < -0.39 is 35.0 Å². The Hall–Kier alpha value is -1.48. The zero-order chi connectivity index (χ0) is 16.5. The Balaban J connectivity index is 0.00000264. The first kappa shape index (κ1) is 19.6. The molecule has 10 heteroatoms. The molecule has 23 heavy (non-hydrogen) atoms. The van der Waals surface area contributed by atoms with E-state index in [1.54, 1.807) is 0 Å². The van der Waals surface area contributed by atoms with E-state index in [4.69, 9.17) is 0 Å². The van der Waals surface area contributed by atoms with E-state index in [1.165, 1.54) is 0 Å². The lowest BCUT2D eigenvalue weighted by atomic mass is 10.0. The number of hydrogen-bond acceptors (Lipinski definition) is 2. The second-order valence-corrected chi connectivity index (χ2v) is 4.96. The van der Waals surface area contributed by atoms with Gasteiger partial charge in [-0.2, -0.15) is 26.3 Å². The van der Waals surface area contributed by atoms with E-state index >= 15 is 0 Å². The lowest BCUT2D eigenvalue weighted by molar-refractivity contribution is -0.143. The Morgan fingerprint density at radius 3 is 1.96 bits per heavy atom.